The highest BCUT2D eigenvalue weighted by molar-refractivity contribution is 7.99. The van der Waals surface area contributed by atoms with Crippen molar-refractivity contribution < 1.29 is 54.9 Å². The molecule has 0 radical (unpaired) electrons. The van der Waals surface area contributed by atoms with Crippen LogP contribution in [0.4, 0.5) is 0 Å². The van der Waals surface area contributed by atoms with E-state index in [1.54, 1.807) is 13.8 Å². The van der Waals surface area contributed by atoms with Gasteiger partial charge in [-0.3, -0.25) is 23.7 Å². The summed E-state index contributed by atoms with van der Waals surface area (Å²) < 4.78 is 57.7. The van der Waals surface area contributed by atoms with Crippen LogP contribution in [0.5, 0.6) is 0 Å². The van der Waals surface area contributed by atoms with Crippen LogP contribution in [0.15, 0.2) is 0 Å². The van der Waals surface area contributed by atoms with Crippen molar-refractivity contribution in [2.75, 3.05) is 74.9 Å². The predicted molar refractivity (Wildman–Crippen MR) is 181 cm³/mol. The number of nitrogens with one attached hydrogen (secondary N) is 2. The van der Waals surface area contributed by atoms with Crippen LogP contribution in [-0.2, 0) is 52.0 Å². The second-order valence-corrected chi connectivity index (χ2v) is 16.8. The largest absolute Gasteiger partial charge is 0.500 e. The zero-order chi connectivity index (χ0) is 34.8. The summed E-state index contributed by atoms with van der Waals surface area (Å²) >= 11 is 2.91. The van der Waals surface area contributed by atoms with Crippen LogP contribution in [0, 0.1) is 11.8 Å². The number of ether oxygens (including phenoxy) is 2. The van der Waals surface area contributed by atoms with Gasteiger partial charge in [0.1, 0.15) is 6.61 Å². The average Bonchev–Trinajstić information content (AvgIpc) is 2.99. The molecule has 0 aromatic rings. The molecule has 0 bridgehead atoms. The molecule has 0 aliphatic carbocycles. The third-order valence-electron chi connectivity index (χ3n) is 6.02. The molecule has 270 valence electrons. The Kier molecular flexibility index (Phi) is 25.7. The van der Waals surface area contributed by atoms with E-state index in [1.807, 2.05) is 20.8 Å². The second kappa shape index (κ2) is 26.5. The predicted octanol–water partition coefficient (Wildman–Crippen LogP) is 2.54. The van der Waals surface area contributed by atoms with E-state index in [9.17, 15) is 27.6 Å². The van der Waals surface area contributed by atoms with Gasteiger partial charge in [0, 0.05) is 68.3 Å². The van der Waals surface area contributed by atoms with Crippen molar-refractivity contribution in [1.82, 2.24) is 10.6 Å². The van der Waals surface area contributed by atoms with Gasteiger partial charge in [-0.1, -0.05) is 13.8 Å². The van der Waals surface area contributed by atoms with Gasteiger partial charge in [-0.2, -0.15) is 31.9 Å². The van der Waals surface area contributed by atoms with E-state index in [0.717, 1.165) is 0 Å². The fraction of sp³-hybridized carbons (Fsp3) is 0.857. The number of thioether (sulfide) groups is 2. The molecule has 0 aliphatic rings. The van der Waals surface area contributed by atoms with Gasteiger partial charge in [-0.25, -0.2) is 0 Å². The molecule has 2 amide bonds. The number of hydrogen-bond acceptors (Lipinski definition) is 13. The van der Waals surface area contributed by atoms with E-state index in [-0.39, 0.29) is 56.3 Å². The number of amides is 2. The molecular formula is C28H54N2O12S3Si. The highest BCUT2D eigenvalue weighted by Crippen LogP contribution is 2.18. The first-order chi connectivity index (χ1) is 21.8. The van der Waals surface area contributed by atoms with Crippen LogP contribution in [0.2, 0.25) is 6.04 Å². The third kappa shape index (κ3) is 23.8. The quantitative estimate of drug-likeness (QED) is 0.0439. The minimum absolute atomic E-state index is 0.0168. The van der Waals surface area contributed by atoms with Gasteiger partial charge >= 0.3 is 20.7 Å². The standard InChI is InChI=1S/C28H54N2O12S3Si/c1-6-40-46(41-7-2,42-8-3)20-9-13-29-25(31)11-17-43-22-24(5)28(34)39-16-14-30-26(32)12-18-44-21-23(4)27(33)38-15-10-19-45(35,36)37/h23-24H,6-22H2,1-5H3,(H,29,31)(H,30,32)(H,35,36,37). The fourth-order valence-electron chi connectivity index (χ4n) is 3.74. The first-order valence-corrected chi connectivity index (χ1v) is 21.5. The highest BCUT2D eigenvalue weighted by Gasteiger charge is 2.39. The molecule has 0 aromatic carbocycles. The van der Waals surface area contributed by atoms with E-state index in [0.29, 0.717) is 68.3 Å². The lowest BCUT2D eigenvalue weighted by molar-refractivity contribution is -0.148. The lowest BCUT2D eigenvalue weighted by Crippen LogP contribution is -2.46. The minimum atomic E-state index is -4.08. The number of hydrogen-bond donors (Lipinski definition) is 3. The van der Waals surface area contributed by atoms with Crippen molar-refractivity contribution in [3.8, 4) is 0 Å². The van der Waals surface area contributed by atoms with Crippen molar-refractivity contribution in [3.63, 3.8) is 0 Å². The third-order valence-corrected chi connectivity index (χ3v) is 12.4. The summed E-state index contributed by atoms with van der Waals surface area (Å²) in [6.07, 6.45) is 1.27. The Morgan fingerprint density at radius 3 is 1.65 bits per heavy atom. The van der Waals surface area contributed by atoms with Crippen LogP contribution in [-0.4, -0.2) is 120 Å². The topological polar surface area (TPSA) is 193 Å². The molecule has 0 rings (SSSR count). The van der Waals surface area contributed by atoms with Crippen molar-refractivity contribution in [2.45, 2.75) is 66.3 Å². The molecule has 0 spiro atoms. The molecule has 2 unspecified atom stereocenters. The molecule has 0 saturated heterocycles. The molecule has 14 nitrogen and oxygen atoms in total. The summed E-state index contributed by atoms with van der Waals surface area (Å²) in [5.74, 6) is -0.356. The van der Waals surface area contributed by atoms with E-state index in [2.05, 4.69) is 10.6 Å². The smallest absolute Gasteiger partial charge is 0.465 e. The summed E-state index contributed by atoms with van der Waals surface area (Å²) in [4.78, 5) is 48.3. The monoisotopic (exact) mass is 734 g/mol. The first-order valence-electron chi connectivity index (χ1n) is 15.7. The Balaban J connectivity index is 3.93. The SMILES string of the molecule is CCO[Si](CCCNC(=O)CCSCC(C)C(=O)OCCNC(=O)CCSCC(C)C(=O)OCCCS(=O)(=O)O)(OCC)OCC. The zero-order valence-electron chi connectivity index (χ0n) is 27.8. The number of rotatable bonds is 29. The van der Waals surface area contributed by atoms with Crippen LogP contribution in [0.3, 0.4) is 0 Å². The van der Waals surface area contributed by atoms with Gasteiger partial charge in [0.2, 0.25) is 11.8 Å². The zero-order valence-corrected chi connectivity index (χ0v) is 31.3. The Hall–Kier alpha value is -1.41. The Morgan fingerprint density at radius 1 is 0.739 bits per heavy atom. The van der Waals surface area contributed by atoms with Crippen molar-refractivity contribution in [3.05, 3.63) is 0 Å². The Bertz CT molecular complexity index is 974. The summed E-state index contributed by atoms with van der Waals surface area (Å²) in [6, 6.07) is 0.632. The second-order valence-electron chi connectivity index (χ2n) is 10.2. The summed E-state index contributed by atoms with van der Waals surface area (Å²) in [7, 11) is -6.79. The van der Waals surface area contributed by atoms with E-state index in [4.69, 9.17) is 27.3 Å². The van der Waals surface area contributed by atoms with Gasteiger partial charge in [-0.05, 0) is 33.6 Å². The van der Waals surface area contributed by atoms with Crippen LogP contribution >= 0.6 is 23.5 Å². The number of carbonyl (C=O) groups excluding carboxylic acids is 4. The van der Waals surface area contributed by atoms with Crippen LogP contribution in [0.25, 0.3) is 0 Å². The van der Waals surface area contributed by atoms with Gasteiger partial charge in [0.05, 0.1) is 30.7 Å². The molecule has 3 N–H and O–H groups in total. The fourth-order valence-corrected chi connectivity index (χ4v) is 8.80. The summed E-state index contributed by atoms with van der Waals surface area (Å²) in [6.45, 7) is 11.3. The first kappa shape index (κ1) is 44.6. The van der Waals surface area contributed by atoms with Gasteiger partial charge in [-0.15, -0.1) is 0 Å². The molecule has 0 fully saturated rings. The highest BCUT2D eigenvalue weighted by atomic mass is 32.2. The maximum absolute atomic E-state index is 12.2. The molecule has 0 aromatic heterocycles. The Morgan fingerprint density at radius 2 is 1.20 bits per heavy atom. The maximum atomic E-state index is 12.2. The van der Waals surface area contributed by atoms with Gasteiger partial charge in [0.25, 0.3) is 10.1 Å². The van der Waals surface area contributed by atoms with Crippen LogP contribution in [0.1, 0.15) is 60.3 Å². The lowest BCUT2D eigenvalue weighted by atomic mass is 10.2. The maximum Gasteiger partial charge on any atom is 0.500 e. The van der Waals surface area contributed by atoms with E-state index >= 15 is 0 Å². The molecule has 18 heteroatoms. The van der Waals surface area contributed by atoms with Crippen molar-refractivity contribution >= 4 is 66.2 Å². The summed E-state index contributed by atoms with van der Waals surface area (Å²) in [5, 5.41) is 5.60. The molecule has 0 saturated carbocycles. The number of esters is 2. The molecule has 0 heterocycles. The molecule has 46 heavy (non-hydrogen) atoms. The van der Waals surface area contributed by atoms with Gasteiger partial charge < -0.3 is 33.4 Å². The molecule has 0 aliphatic heterocycles. The molecule has 2 atom stereocenters. The van der Waals surface area contributed by atoms with E-state index < -0.39 is 36.6 Å². The minimum Gasteiger partial charge on any atom is -0.465 e. The lowest BCUT2D eigenvalue weighted by Gasteiger charge is -2.28. The average molecular weight is 735 g/mol. The van der Waals surface area contributed by atoms with Crippen molar-refractivity contribution in [1.29, 1.82) is 0 Å². The van der Waals surface area contributed by atoms with Gasteiger partial charge in [0.15, 0.2) is 0 Å². The van der Waals surface area contributed by atoms with Crippen LogP contribution < -0.4 is 10.6 Å². The molecular weight excluding hydrogens is 681 g/mol. The Labute approximate surface area is 284 Å². The van der Waals surface area contributed by atoms with E-state index in [1.165, 1.54) is 23.5 Å². The van der Waals surface area contributed by atoms with Crippen molar-refractivity contribution in [2.24, 2.45) is 11.8 Å². The number of carbonyl (C=O) groups is 4. The normalized spacial score (nSPS) is 13.1. The summed E-state index contributed by atoms with van der Waals surface area (Å²) in [5.41, 5.74) is 0.